The number of aromatic nitrogens is 6. The molecule has 6 aliphatic rings. The molecule has 3 saturated carbocycles. The van der Waals surface area contributed by atoms with Gasteiger partial charge < -0.3 is 44.8 Å². The van der Waals surface area contributed by atoms with Crippen molar-refractivity contribution in [3.63, 3.8) is 0 Å². The van der Waals surface area contributed by atoms with Crippen molar-refractivity contribution >= 4 is 64.0 Å². The SMILES string of the molecule is CC(C)(C)OC(=O)N1CCN(C(=O)c2csc(-c3cn[nH]c3)c2)C2CCCCC21.CC(C)(C)OC(=O)N1CCNC2CCCCC21.O=C(O)c1csc(-c2cn[nH]c2)c1.O=C(c1csc(-c2cn[nH]c2)c1)N1CCNC2CCCCC21. The molecule has 6 atom stereocenters. The number of H-pyrrole nitrogens is 3. The number of hydrogen-bond donors (Lipinski definition) is 6. The van der Waals surface area contributed by atoms with Gasteiger partial charge in [-0.3, -0.25) is 24.9 Å². The number of aromatic carboxylic acids is 1. The number of amides is 4. The van der Waals surface area contributed by atoms with Gasteiger partial charge in [-0.15, -0.1) is 34.0 Å². The van der Waals surface area contributed by atoms with Gasteiger partial charge in [0.2, 0.25) is 0 Å². The van der Waals surface area contributed by atoms with Crippen LogP contribution in [0.3, 0.4) is 0 Å². The molecular formula is C58H78N12O8S3. The lowest BCUT2D eigenvalue weighted by Gasteiger charge is -2.49. The minimum Gasteiger partial charge on any atom is -0.478 e. The van der Waals surface area contributed by atoms with Crippen LogP contribution < -0.4 is 10.6 Å². The zero-order valence-corrected chi connectivity index (χ0v) is 49.7. The van der Waals surface area contributed by atoms with Gasteiger partial charge >= 0.3 is 18.2 Å². The molecule has 6 aromatic heterocycles. The third-order valence-electron chi connectivity index (χ3n) is 15.5. The van der Waals surface area contributed by atoms with Crippen molar-refractivity contribution in [2.75, 3.05) is 39.3 Å². The van der Waals surface area contributed by atoms with Crippen LogP contribution >= 0.6 is 34.0 Å². The molecule has 6 N–H and O–H groups in total. The number of carbonyl (C=O) groups is 5. The van der Waals surface area contributed by atoms with E-state index in [4.69, 9.17) is 14.6 Å². The van der Waals surface area contributed by atoms with E-state index in [0.717, 1.165) is 102 Å². The average Bonchev–Trinajstić information content (AvgIpc) is 4.45. The number of aromatic amines is 3. The van der Waals surface area contributed by atoms with Crippen LogP contribution in [0.4, 0.5) is 9.59 Å². The van der Waals surface area contributed by atoms with Crippen molar-refractivity contribution in [2.45, 2.75) is 166 Å². The van der Waals surface area contributed by atoms with Crippen molar-refractivity contribution in [2.24, 2.45) is 0 Å². The van der Waals surface area contributed by atoms with E-state index in [0.29, 0.717) is 48.4 Å². The first kappa shape index (κ1) is 59.2. The monoisotopic (exact) mass is 1170 g/mol. The molecule has 0 bridgehead atoms. The van der Waals surface area contributed by atoms with Gasteiger partial charge in [-0.1, -0.05) is 38.5 Å². The number of carbonyl (C=O) groups excluding carboxylic acids is 4. The summed E-state index contributed by atoms with van der Waals surface area (Å²) in [6.45, 7) is 15.9. The zero-order valence-electron chi connectivity index (χ0n) is 47.3. The highest BCUT2D eigenvalue weighted by Crippen LogP contribution is 2.36. The maximum atomic E-state index is 13.3. The topological polar surface area (TPSA) is 247 Å². The molecule has 6 aromatic rings. The fourth-order valence-corrected chi connectivity index (χ4v) is 14.4. The highest BCUT2D eigenvalue weighted by atomic mass is 32.1. The van der Waals surface area contributed by atoms with E-state index < -0.39 is 17.2 Å². The average molecular weight is 1170 g/mol. The molecule has 0 aromatic carbocycles. The van der Waals surface area contributed by atoms with E-state index in [2.05, 4.69) is 46.1 Å². The number of carboxylic acid groups (broad SMARTS) is 1. The predicted molar refractivity (Wildman–Crippen MR) is 315 cm³/mol. The second-order valence-electron chi connectivity index (χ2n) is 23.5. The van der Waals surface area contributed by atoms with Gasteiger partial charge in [0.25, 0.3) is 11.8 Å². The fourth-order valence-electron chi connectivity index (χ4n) is 11.8. The van der Waals surface area contributed by atoms with Crippen molar-refractivity contribution < 1.29 is 38.6 Å². The highest BCUT2D eigenvalue weighted by molar-refractivity contribution is 7.14. The number of nitrogens with zero attached hydrogens (tertiary/aromatic N) is 7. The van der Waals surface area contributed by atoms with Crippen LogP contribution in [0.25, 0.3) is 31.3 Å². The second-order valence-corrected chi connectivity index (χ2v) is 26.2. The van der Waals surface area contributed by atoms with E-state index in [-0.39, 0.29) is 36.1 Å². The maximum absolute atomic E-state index is 13.3. The van der Waals surface area contributed by atoms with E-state index >= 15 is 0 Å². The van der Waals surface area contributed by atoms with E-state index in [1.54, 1.807) is 58.9 Å². The summed E-state index contributed by atoms with van der Waals surface area (Å²) < 4.78 is 11.1. The van der Waals surface area contributed by atoms with Crippen LogP contribution in [0.15, 0.2) is 71.5 Å². The number of nitrogens with one attached hydrogen (secondary N) is 5. The van der Waals surface area contributed by atoms with Gasteiger partial charge in [-0.25, -0.2) is 14.4 Å². The summed E-state index contributed by atoms with van der Waals surface area (Å²) in [6, 6.07) is 7.33. The molecule has 81 heavy (non-hydrogen) atoms. The molecule has 0 radical (unpaired) electrons. The molecule has 6 unspecified atom stereocenters. The van der Waals surface area contributed by atoms with E-state index in [1.807, 2.05) is 91.5 Å². The number of ether oxygens (including phenoxy) is 2. The molecule has 20 nitrogen and oxygen atoms in total. The molecule has 6 fully saturated rings. The first-order valence-corrected chi connectivity index (χ1v) is 31.1. The molecule has 12 rings (SSSR count). The van der Waals surface area contributed by atoms with Crippen LogP contribution in [0, 0.1) is 0 Å². The van der Waals surface area contributed by atoms with E-state index in [1.165, 1.54) is 49.9 Å². The summed E-state index contributed by atoms with van der Waals surface area (Å²) in [7, 11) is 0. The number of hydrogen-bond acceptors (Lipinski definition) is 15. The lowest BCUT2D eigenvalue weighted by Crippen LogP contribution is -2.63. The highest BCUT2D eigenvalue weighted by Gasteiger charge is 2.44. The molecule has 4 amide bonds. The summed E-state index contributed by atoms with van der Waals surface area (Å²) in [6.07, 6.45) is 23.9. The van der Waals surface area contributed by atoms with Gasteiger partial charge in [-0.2, -0.15) is 15.3 Å². The first-order valence-electron chi connectivity index (χ1n) is 28.4. The number of carboxylic acids is 1. The van der Waals surface area contributed by atoms with Gasteiger partial charge in [0.15, 0.2) is 0 Å². The standard InChI is InChI=1S/C21H28N4O3S.C16H20N4OS.C13H24N2O2.C8H6N2O2S/c1-21(2,3)28-20(27)25-9-8-24(16-6-4-5-7-17(16)25)19(26)14-10-18(29-13-14)15-11-22-23-12-15;21-16(11-7-15(22-10-11)12-8-18-19-9-12)20-6-5-17-13-3-1-2-4-14(13)20;1-13(2,3)17-12(16)15-9-8-14-10-6-4-5-7-11(10)15;11-8(12)5-1-7(13-4-5)6-2-9-10-3-6/h10-13,16-17H,4-9H2,1-3H3,(H,22,23);7-10,13-14,17H,1-6H2,(H,18,19);10-11,14H,4-9H2,1-3H3;1-4H,(H,9,10)(H,11,12). The molecule has 3 aliphatic heterocycles. The molecule has 23 heteroatoms. The van der Waals surface area contributed by atoms with Gasteiger partial charge in [0, 0.05) is 123 Å². The largest absolute Gasteiger partial charge is 0.478 e. The van der Waals surface area contributed by atoms with Gasteiger partial charge in [0.05, 0.1) is 53.4 Å². The van der Waals surface area contributed by atoms with Crippen molar-refractivity contribution in [3.8, 4) is 31.3 Å². The predicted octanol–water partition coefficient (Wildman–Crippen LogP) is 10.6. The molecular weight excluding hydrogens is 1090 g/mol. The van der Waals surface area contributed by atoms with Crippen LogP contribution in [0.5, 0.6) is 0 Å². The summed E-state index contributed by atoms with van der Waals surface area (Å²) in [5.74, 6) is -0.660. The fraction of sp³-hybridized carbons (Fsp3) is 0.552. The Balaban J connectivity index is 0.000000136. The van der Waals surface area contributed by atoms with Crippen LogP contribution in [0.1, 0.15) is 150 Å². The summed E-state index contributed by atoms with van der Waals surface area (Å²) in [5.41, 5.74) is 3.87. The summed E-state index contributed by atoms with van der Waals surface area (Å²) >= 11 is 4.55. The Bertz CT molecular complexity index is 2990. The third kappa shape index (κ3) is 15.2. The van der Waals surface area contributed by atoms with E-state index in [9.17, 15) is 24.0 Å². The molecule has 9 heterocycles. The zero-order chi connectivity index (χ0) is 57.3. The quantitative estimate of drug-likeness (QED) is 0.0910. The van der Waals surface area contributed by atoms with Gasteiger partial charge in [-0.05, 0) is 98.3 Å². The minimum absolute atomic E-state index is 0.0308. The number of rotatable bonds is 6. The van der Waals surface area contributed by atoms with Crippen molar-refractivity contribution in [3.05, 3.63) is 88.2 Å². The van der Waals surface area contributed by atoms with Crippen molar-refractivity contribution in [1.29, 1.82) is 0 Å². The maximum Gasteiger partial charge on any atom is 0.410 e. The van der Waals surface area contributed by atoms with Crippen molar-refractivity contribution in [1.82, 2.24) is 60.8 Å². The first-order chi connectivity index (χ1) is 38.9. The second kappa shape index (κ2) is 26.7. The number of fused-ring (bicyclic) bond motifs is 3. The van der Waals surface area contributed by atoms with Crippen LogP contribution in [0.2, 0.25) is 0 Å². The lowest BCUT2D eigenvalue weighted by molar-refractivity contribution is -0.0257. The van der Waals surface area contributed by atoms with Crippen LogP contribution in [-0.4, -0.2) is 172 Å². The van der Waals surface area contributed by atoms with Crippen LogP contribution in [-0.2, 0) is 9.47 Å². The van der Waals surface area contributed by atoms with Gasteiger partial charge in [0.1, 0.15) is 11.2 Å². The Kier molecular flexibility index (Phi) is 19.5. The molecule has 3 saturated heterocycles. The Morgan fingerprint density at radius 3 is 1.25 bits per heavy atom. The molecule has 0 spiro atoms. The molecule has 3 aliphatic carbocycles. The Hall–Kier alpha value is -6.40. The normalized spacial score (nSPS) is 22.6. The Labute approximate surface area is 485 Å². The summed E-state index contributed by atoms with van der Waals surface area (Å²) in [4.78, 5) is 72.6. The smallest absolute Gasteiger partial charge is 0.410 e. The number of thiophene rings is 3. The number of piperazine rings is 3. The Morgan fingerprint density at radius 1 is 0.494 bits per heavy atom. The lowest BCUT2D eigenvalue weighted by atomic mass is 9.86. The summed E-state index contributed by atoms with van der Waals surface area (Å²) in [5, 5.41) is 41.3. The minimum atomic E-state index is -0.897. The Morgan fingerprint density at radius 2 is 0.840 bits per heavy atom. The molecule has 436 valence electrons. The third-order valence-corrected chi connectivity index (χ3v) is 18.5.